The van der Waals surface area contributed by atoms with Gasteiger partial charge >= 0.3 is 5.97 Å². The van der Waals surface area contributed by atoms with Crippen molar-refractivity contribution in [1.29, 1.82) is 0 Å². The van der Waals surface area contributed by atoms with E-state index in [1.807, 2.05) is 0 Å². The second-order valence-corrected chi connectivity index (χ2v) is 7.60. The number of ether oxygens (including phenoxy) is 2. The van der Waals surface area contributed by atoms with Gasteiger partial charge in [0.05, 0.1) is 11.5 Å². The Balaban J connectivity index is 1.86. The minimum absolute atomic E-state index is 0.0385. The maximum atomic E-state index is 12.3. The molecule has 2 atom stereocenters. The highest BCUT2D eigenvalue weighted by atomic mass is 32.2. The van der Waals surface area contributed by atoms with Crippen LogP contribution < -0.4 is 9.46 Å². The average molecular weight is 341 g/mol. The summed E-state index contributed by atoms with van der Waals surface area (Å²) in [5.74, 6) is -0.311. The Morgan fingerprint density at radius 1 is 1.48 bits per heavy atom. The van der Waals surface area contributed by atoms with Crippen molar-refractivity contribution in [2.24, 2.45) is 0 Å². The van der Waals surface area contributed by atoms with Gasteiger partial charge in [0.2, 0.25) is 16.1 Å². The second-order valence-electron chi connectivity index (χ2n) is 5.92. The molecule has 0 amide bonds. The topological polar surface area (TPSA) is 102 Å². The van der Waals surface area contributed by atoms with Gasteiger partial charge in [-0.05, 0) is 38.0 Å². The quantitative estimate of drug-likeness (QED) is 0.609. The van der Waals surface area contributed by atoms with Crippen molar-refractivity contribution in [1.82, 2.24) is 4.72 Å². The van der Waals surface area contributed by atoms with E-state index in [-0.39, 0.29) is 17.4 Å². The molecule has 0 saturated heterocycles. The van der Waals surface area contributed by atoms with E-state index in [0.29, 0.717) is 24.2 Å². The fraction of sp³-hybridized carbons (Fsp3) is 0.533. The van der Waals surface area contributed by atoms with Gasteiger partial charge in [0.1, 0.15) is 11.5 Å². The Kier molecular flexibility index (Phi) is 3.86. The standard InChI is InChI=1S/C15H19NO6S/c1-3-21-14(17)13-9(2)11-8-10(4-5-12(11)22-13)23(19,20)16-15(18)6-7-15/h4-5,8-9,13,16,18H,3,6-7H2,1-2H3. The van der Waals surface area contributed by atoms with Crippen LogP contribution in [0.4, 0.5) is 0 Å². The van der Waals surface area contributed by atoms with Gasteiger partial charge in [-0.2, -0.15) is 4.72 Å². The number of carbonyl (C=O) groups is 1. The Hall–Kier alpha value is -1.64. The van der Waals surface area contributed by atoms with Crippen LogP contribution in [0.15, 0.2) is 23.1 Å². The van der Waals surface area contributed by atoms with E-state index in [2.05, 4.69) is 4.72 Å². The summed E-state index contributed by atoms with van der Waals surface area (Å²) in [7, 11) is -3.82. The van der Waals surface area contributed by atoms with Crippen LogP contribution in [0.25, 0.3) is 0 Å². The van der Waals surface area contributed by atoms with E-state index in [4.69, 9.17) is 9.47 Å². The highest BCUT2D eigenvalue weighted by molar-refractivity contribution is 7.89. The van der Waals surface area contributed by atoms with Crippen LogP contribution >= 0.6 is 0 Å². The van der Waals surface area contributed by atoms with E-state index in [0.717, 1.165) is 0 Å². The van der Waals surface area contributed by atoms with E-state index < -0.39 is 27.8 Å². The summed E-state index contributed by atoms with van der Waals surface area (Å²) in [5, 5.41) is 9.77. The molecule has 1 aromatic carbocycles. The molecule has 8 heteroatoms. The fourth-order valence-electron chi connectivity index (χ4n) is 2.56. The minimum atomic E-state index is -3.82. The zero-order valence-electron chi connectivity index (χ0n) is 12.9. The normalized spacial score (nSPS) is 24.7. The second kappa shape index (κ2) is 5.47. The molecule has 0 radical (unpaired) electrons. The van der Waals surface area contributed by atoms with Crippen LogP contribution in [0.2, 0.25) is 0 Å². The first-order chi connectivity index (χ1) is 10.8. The smallest absolute Gasteiger partial charge is 0.347 e. The zero-order valence-corrected chi connectivity index (χ0v) is 13.7. The minimum Gasteiger partial charge on any atom is -0.478 e. The van der Waals surface area contributed by atoms with Gasteiger partial charge in [-0.3, -0.25) is 0 Å². The molecule has 2 unspecified atom stereocenters. The lowest BCUT2D eigenvalue weighted by Gasteiger charge is -2.13. The highest BCUT2D eigenvalue weighted by Gasteiger charge is 2.45. The number of nitrogens with one attached hydrogen (secondary N) is 1. The molecule has 23 heavy (non-hydrogen) atoms. The average Bonchev–Trinajstić information content (AvgIpc) is 3.09. The van der Waals surface area contributed by atoms with Crippen molar-refractivity contribution >= 4 is 16.0 Å². The molecule has 1 heterocycles. The first kappa shape index (κ1) is 16.2. The molecule has 3 rings (SSSR count). The number of rotatable bonds is 5. The van der Waals surface area contributed by atoms with Crippen molar-refractivity contribution < 1.29 is 27.8 Å². The molecule has 1 fully saturated rings. The maximum Gasteiger partial charge on any atom is 0.347 e. The van der Waals surface area contributed by atoms with Gasteiger partial charge in [0, 0.05) is 11.5 Å². The maximum absolute atomic E-state index is 12.3. The number of esters is 1. The largest absolute Gasteiger partial charge is 0.478 e. The summed E-state index contributed by atoms with van der Waals surface area (Å²) in [6.07, 6.45) is 0.0342. The van der Waals surface area contributed by atoms with Crippen LogP contribution in [0.1, 0.15) is 38.2 Å². The lowest BCUT2D eigenvalue weighted by molar-refractivity contribution is -0.151. The van der Waals surface area contributed by atoms with Gasteiger partial charge < -0.3 is 14.6 Å². The number of carbonyl (C=O) groups excluding carboxylic acids is 1. The fourth-order valence-corrected chi connectivity index (χ4v) is 3.92. The predicted molar refractivity (Wildman–Crippen MR) is 80.4 cm³/mol. The number of hydrogen-bond acceptors (Lipinski definition) is 6. The van der Waals surface area contributed by atoms with Gasteiger partial charge in [-0.1, -0.05) is 6.92 Å². The molecule has 7 nitrogen and oxygen atoms in total. The molecule has 126 valence electrons. The van der Waals surface area contributed by atoms with E-state index >= 15 is 0 Å². The number of fused-ring (bicyclic) bond motifs is 1. The Labute approximate surface area is 134 Å². The van der Waals surface area contributed by atoms with Crippen molar-refractivity contribution in [3.63, 3.8) is 0 Å². The first-order valence-electron chi connectivity index (χ1n) is 7.49. The van der Waals surface area contributed by atoms with Crippen molar-refractivity contribution in [2.75, 3.05) is 6.61 Å². The van der Waals surface area contributed by atoms with Crippen molar-refractivity contribution in [3.05, 3.63) is 23.8 Å². The van der Waals surface area contributed by atoms with Crippen LogP contribution in [0.5, 0.6) is 5.75 Å². The number of hydrogen-bond donors (Lipinski definition) is 2. The molecular formula is C15H19NO6S. The van der Waals surface area contributed by atoms with Crippen LogP contribution in [0.3, 0.4) is 0 Å². The summed E-state index contributed by atoms with van der Waals surface area (Å²) in [6, 6.07) is 4.40. The lowest BCUT2D eigenvalue weighted by atomic mass is 9.98. The molecule has 0 spiro atoms. The number of sulfonamides is 1. The SMILES string of the molecule is CCOC(=O)C1Oc2ccc(S(=O)(=O)NC3(O)CC3)cc2C1C. The molecule has 0 bridgehead atoms. The van der Waals surface area contributed by atoms with Gasteiger partial charge in [0.15, 0.2) is 0 Å². The Morgan fingerprint density at radius 3 is 2.78 bits per heavy atom. The Morgan fingerprint density at radius 2 is 2.17 bits per heavy atom. The summed E-state index contributed by atoms with van der Waals surface area (Å²) >= 11 is 0. The third-order valence-electron chi connectivity index (χ3n) is 4.06. The number of aliphatic hydroxyl groups is 1. The van der Waals surface area contributed by atoms with Gasteiger partial charge in [-0.15, -0.1) is 0 Å². The van der Waals surface area contributed by atoms with E-state index in [1.165, 1.54) is 18.2 Å². The van der Waals surface area contributed by atoms with Gasteiger partial charge in [0.25, 0.3) is 0 Å². The molecule has 2 aliphatic rings. The third-order valence-corrected chi connectivity index (χ3v) is 5.58. The van der Waals surface area contributed by atoms with Crippen LogP contribution in [0, 0.1) is 0 Å². The molecular weight excluding hydrogens is 322 g/mol. The number of benzene rings is 1. The lowest BCUT2D eigenvalue weighted by Crippen LogP contribution is -2.36. The predicted octanol–water partition coefficient (Wildman–Crippen LogP) is 0.875. The first-order valence-corrected chi connectivity index (χ1v) is 8.98. The molecule has 2 N–H and O–H groups in total. The summed E-state index contributed by atoms with van der Waals surface area (Å²) in [4.78, 5) is 11.9. The Bertz CT molecular complexity index is 740. The highest BCUT2D eigenvalue weighted by Crippen LogP contribution is 2.40. The summed E-state index contributed by atoms with van der Waals surface area (Å²) < 4.78 is 37.4. The molecule has 1 aliphatic heterocycles. The molecule has 1 aliphatic carbocycles. The summed E-state index contributed by atoms with van der Waals surface area (Å²) in [6.45, 7) is 3.75. The zero-order chi connectivity index (χ0) is 16.8. The molecule has 1 saturated carbocycles. The molecule has 1 aromatic rings. The van der Waals surface area contributed by atoms with Crippen LogP contribution in [-0.4, -0.2) is 37.9 Å². The van der Waals surface area contributed by atoms with Crippen molar-refractivity contribution in [3.8, 4) is 5.75 Å². The van der Waals surface area contributed by atoms with Crippen LogP contribution in [-0.2, 0) is 19.6 Å². The van der Waals surface area contributed by atoms with Crippen molar-refractivity contribution in [2.45, 2.75) is 49.3 Å². The van der Waals surface area contributed by atoms with E-state index in [1.54, 1.807) is 13.8 Å². The summed E-state index contributed by atoms with van der Waals surface area (Å²) in [5.41, 5.74) is -0.693. The van der Waals surface area contributed by atoms with E-state index in [9.17, 15) is 18.3 Å². The van der Waals surface area contributed by atoms with Gasteiger partial charge in [-0.25, -0.2) is 13.2 Å². The third kappa shape index (κ3) is 3.06. The monoisotopic (exact) mass is 341 g/mol. The molecule has 0 aromatic heterocycles.